The minimum Gasteiger partial charge on any atom is -0.341 e. The van der Waals surface area contributed by atoms with E-state index in [9.17, 15) is 50.8 Å². The monoisotopic (exact) mass is 594 g/mol. The van der Waals surface area contributed by atoms with Crippen molar-refractivity contribution in [2.45, 2.75) is 55.8 Å². The third kappa shape index (κ3) is 5.55. The second-order valence-electron chi connectivity index (χ2n) is 10.4. The standard InChI is InChI=1S/C28H24F6N4O4/c1-15(36-25(42)27(30,31)28(32,33)34)22(39)11-17(10-16-6-8-18(29)9-7-16)23(40)38-14-26(12-19(38)13-35)20-4-2-3-5-21(20)37-24(26)41/h2-9,15,17,19H,10-12,14H2,1H3,(H,36,42)(H,37,41)/t15-,17+,19-,26-/m0/s1. The van der Waals surface area contributed by atoms with Gasteiger partial charge >= 0.3 is 18.0 Å². The minimum atomic E-state index is -6.19. The van der Waals surface area contributed by atoms with Gasteiger partial charge in [-0.1, -0.05) is 30.3 Å². The maximum absolute atomic E-state index is 13.9. The van der Waals surface area contributed by atoms with Crippen molar-refractivity contribution in [3.05, 3.63) is 65.5 Å². The summed E-state index contributed by atoms with van der Waals surface area (Å²) < 4.78 is 78.1. The minimum absolute atomic E-state index is 0.0473. The maximum atomic E-state index is 13.9. The van der Waals surface area contributed by atoms with E-state index >= 15 is 0 Å². The molecule has 222 valence electrons. The van der Waals surface area contributed by atoms with E-state index in [0.717, 1.165) is 24.0 Å². The Morgan fingerprint density at radius 3 is 2.38 bits per heavy atom. The largest absolute Gasteiger partial charge is 0.463 e. The molecule has 2 N–H and O–H groups in total. The molecular weight excluding hydrogens is 570 g/mol. The van der Waals surface area contributed by atoms with Crippen molar-refractivity contribution >= 4 is 29.2 Å². The highest BCUT2D eigenvalue weighted by Gasteiger charge is 2.63. The molecule has 1 saturated heterocycles. The number of halogens is 6. The zero-order valence-corrected chi connectivity index (χ0v) is 22.0. The molecule has 3 amide bonds. The molecule has 1 fully saturated rings. The molecule has 4 atom stereocenters. The quantitative estimate of drug-likeness (QED) is 0.453. The number of nitriles is 1. The van der Waals surface area contributed by atoms with Gasteiger partial charge in [-0.2, -0.15) is 27.2 Å². The summed E-state index contributed by atoms with van der Waals surface area (Å²) in [5.74, 6) is -12.6. The number of nitrogens with zero attached hydrogens (tertiary/aromatic N) is 2. The number of anilines is 1. The average molecular weight is 595 g/mol. The lowest BCUT2D eigenvalue weighted by molar-refractivity contribution is -0.270. The van der Waals surface area contributed by atoms with Crippen molar-refractivity contribution in [1.82, 2.24) is 10.2 Å². The van der Waals surface area contributed by atoms with Crippen LogP contribution in [0, 0.1) is 23.1 Å². The molecule has 1 spiro atoms. The predicted molar refractivity (Wildman–Crippen MR) is 134 cm³/mol. The van der Waals surface area contributed by atoms with Crippen molar-refractivity contribution < 1.29 is 45.5 Å². The summed E-state index contributed by atoms with van der Waals surface area (Å²) in [4.78, 5) is 52.7. The number of fused-ring (bicyclic) bond motifs is 2. The van der Waals surface area contributed by atoms with Crippen molar-refractivity contribution in [2.24, 2.45) is 5.92 Å². The van der Waals surface area contributed by atoms with Crippen molar-refractivity contribution in [2.75, 3.05) is 11.9 Å². The van der Waals surface area contributed by atoms with Crippen molar-refractivity contribution in [1.29, 1.82) is 5.26 Å². The number of likely N-dealkylation sites (tertiary alicyclic amines) is 1. The molecule has 2 aromatic rings. The number of amides is 3. The Hall–Kier alpha value is -4.41. The van der Waals surface area contributed by atoms with E-state index in [4.69, 9.17) is 0 Å². The van der Waals surface area contributed by atoms with Crippen LogP contribution >= 0.6 is 0 Å². The maximum Gasteiger partial charge on any atom is 0.463 e. The van der Waals surface area contributed by atoms with E-state index < -0.39 is 71.3 Å². The normalized spacial score (nSPS) is 21.3. The van der Waals surface area contributed by atoms with Crippen LogP contribution in [-0.2, 0) is 31.0 Å². The van der Waals surface area contributed by atoms with Crippen LogP contribution in [-0.4, -0.2) is 59.1 Å². The highest BCUT2D eigenvalue weighted by Crippen LogP contribution is 2.46. The molecule has 42 heavy (non-hydrogen) atoms. The van der Waals surface area contributed by atoms with Crippen LogP contribution in [0.1, 0.15) is 30.9 Å². The molecule has 2 heterocycles. The van der Waals surface area contributed by atoms with Crippen molar-refractivity contribution in [3.63, 3.8) is 0 Å². The fourth-order valence-electron chi connectivity index (χ4n) is 5.29. The summed E-state index contributed by atoms with van der Waals surface area (Å²) in [6.45, 7) is 0.681. The van der Waals surface area contributed by atoms with Gasteiger partial charge in [-0.3, -0.25) is 19.2 Å². The number of Topliss-reactive ketones (excluding diaryl/α,β-unsaturated/α-hetero) is 1. The second-order valence-corrected chi connectivity index (χ2v) is 10.4. The lowest BCUT2D eigenvalue weighted by atomic mass is 9.80. The first kappa shape index (κ1) is 30.5. The molecule has 2 aliphatic rings. The van der Waals surface area contributed by atoms with Gasteiger partial charge in [0.15, 0.2) is 5.78 Å². The molecule has 0 aromatic heterocycles. The second kappa shape index (κ2) is 11.1. The summed E-state index contributed by atoms with van der Waals surface area (Å²) in [5.41, 5.74) is 0.237. The zero-order chi connectivity index (χ0) is 31.0. The van der Waals surface area contributed by atoms with Gasteiger partial charge in [0.2, 0.25) is 11.8 Å². The summed E-state index contributed by atoms with van der Waals surface area (Å²) >= 11 is 0. The van der Waals surface area contributed by atoms with Crippen LogP contribution in [0.5, 0.6) is 0 Å². The average Bonchev–Trinajstić information content (AvgIpc) is 3.46. The van der Waals surface area contributed by atoms with Gasteiger partial charge in [0, 0.05) is 31.0 Å². The van der Waals surface area contributed by atoms with Crippen LogP contribution in [0.4, 0.5) is 32.0 Å². The number of benzene rings is 2. The SMILES string of the molecule is C[C@H](NC(=O)C(F)(F)C(F)(F)F)C(=O)C[C@@H](Cc1ccc(F)cc1)C(=O)N1C[C@]2(C[C@H]1C#N)C(=O)Nc1ccccc12. The third-order valence-electron chi connectivity index (χ3n) is 7.58. The molecule has 0 bridgehead atoms. The van der Waals surface area contributed by atoms with Crippen LogP contribution in [0.15, 0.2) is 48.5 Å². The zero-order valence-electron chi connectivity index (χ0n) is 22.0. The van der Waals surface area contributed by atoms with E-state index in [1.165, 1.54) is 17.4 Å². The van der Waals surface area contributed by atoms with Gasteiger partial charge in [-0.15, -0.1) is 0 Å². The molecule has 0 saturated carbocycles. The van der Waals surface area contributed by atoms with Crippen LogP contribution in [0.3, 0.4) is 0 Å². The Labute approximate surface area is 235 Å². The van der Waals surface area contributed by atoms with Crippen LogP contribution in [0.2, 0.25) is 0 Å². The van der Waals surface area contributed by atoms with Crippen molar-refractivity contribution in [3.8, 4) is 6.07 Å². The number of hydrogen-bond donors (Lipinski definition) is 2. The summed E-state index contributed by atoms with van der Waals surface area (Å²) in [6.07, 6.45) is -7.16. The molecule has 0 unspecified atom stereocenters. The van der Waals surface area contributed by atoms with E-state index in [-0.39, 0.29) is 19.4 Å². The molecule has 2 aromatic carbocycles. The smallest absolute Gasteiger partial charge is 0.341 e. The van der Waals surface area contributed by atoms with Gasteiger partial charge in [0.1, 0.15) is 11.9 Å². The van der Waals surface area contributed by atoms with Crippen LogP contribution in [0.25, 0.3) is 0 Å². The van der Waals surface area contributed by atoms with Gasteiger partial charge in [-0.25, -0.2) is 4.39 Å². The first-order valence-electron chi connectivity index (χ1n) is 12.7. The first-order chi connectivity index (χ1) is 19.6. The number of carbonyl (C=O) groups is 4. The number of ketones is 1. The first-order valence-corrected chi connectivity index (χ1v) is 12.7. The Morgan fingerprint density at radius 1 is 1.12 bits per heavy atom. The predicted octanol–water partition coefficient (Wildman–Crippen LogP) is 3.66. The van der Waals surface area contributed by atoms with E-state index in [0.29, 0.717) is 16.8 Å². The fourth-order valence-corrected chi connectivity index (χ4v) is 5.29. The highest BCUT2D eigenvalue weighted by molar-refractivity contribution is 6.07. The molecule has 2 aliphatic heterocycles. The Kier molecular flexibility index (Phi) is 8.08. The Balaban J connectivity index is 1.59. The summed E-state index contributed by atoms with van der Waals surface area (Å²) in [6, 6.07) is 10.7. The van der Waals surface area contributed by atoms with Crippen LogP contribution < -0.4 is 10.6 Å². The molecule has 8 nitrogen and oxygen atoms in total. The molecule has 14 heteroatoms. The number of nitrogens with one attached hydrogen (secondary N) is 2. The fraction of sp³-hybridized carbons (Fsp3) is 0.393. The molecule has 0 radical (unpaired) electrons. The topological polar surface area (TPSA) is 119 Å². The van der Waals surface area contributed by atoms with E-state index in [1.54, 1.807) is 24.3 Å². The summed E-state index contributed by atoms with van der Waals surface area (Å²) in [5, 5.41) is 14.0. The molecular formula is C28H24F6N4O4. The number of hydrogen-bond acceptors (Lipinski definition) is 5. The Morgan fingerprint density at radius 2 is 1.76 bits per heavy atom. The number of alkyl halides is 5. The van der Waals surface area contributed by atoms with Gasteiger partial charge in [0.05, 0.1) is 17.5 Å². The lowest BCUT2D eigenvalue weighted by Crippen LogP contribution is -2.54. The van der Waals surface area contributed by atoms with Gasteiger partial charge < -0.3 is 15.5 Å². The lowest BCUT2D eigenvalue weighted by Gasteiger charge is -2.28. The van der Waals surface area contributed by atoms with Gasteiger partial charge in [-0.05, 0) is 42.7 Å². The number of carbonyl (C=O) groups excluding carboxylic acids is 4. The number of para-hydroxylation sites is 1. The van der Waals surface area contributed by atoms with E-state index in [2.05, 4.69) is 5.32 Å². The Bertz CT molecular complexity index is 1460. The highest BCUT2D eigenvalue weighted by atomic mass is 19.4. The molecule has 0 aliphatic carbocycles. The van der Waals surface area contributed by atoms with Gasteiger partial charge in [0.25, 0.3) is 0 Å². The third-order valence-corrected chi connectivity index (χ3v) is 7.58. The molecule has 4 rings (SSSR count). The summed E-state index contributed by atoms with van der Waals surface area (Å²) in [7, 11) is 0. The number of rotatable bonds is 8. The van der Waals surface area contributed by atoms with E-state index in [1.807, 2.05) is 6.07 Å².